The van der Waals surface area contributed by atoms with Crippen molar-refractivity contribution in [3.05, 3.63) is 58.9 Å². The van der Waals surface area contributed by atoms with Gasteiger partial charge in [0.05, 0.1) is 23.7 Å². The quantitative estimate of drug-likeness (QED) is 0.682. The molecule has 0 spiro atoms. The average Bonchev–Trinajstić information content (AvgIpc) is 2.65. The van der Waals surface area contributed by atoms with Gasteiger partial charge in [0, 0.05) is 17.9 Å². The van der Waals surface area contributed by atoms with E-state index in [0.29, 0.717) is 23.9 Å². The summed E-state index contributed by atoms with van der Waals surface area (Å²) in [5.41, 5.74) is -2.70. The first-order chi connectivity index (χ1) is 13.9. The lowest BCUT2D eigenvalue weighted by molar-refractivity contribution is -0.138. The number of alkyl halides is 3. The Kier molecular flexibility index (Phi) is 6.73. The van der Waals surface area contributed by atoms with E-state index in [2.05, 4.69) is 5.32 Å². The van der Waals surface area contributed by atoms with Crippen LogP contribution in [0.2, 0.25) is 0 Å². The molecule has 1 atom stereocenters. The summed E-state index contributed by atoms with van der Waals surface area (Å²) >= 11 is 0. The maximum Gasteiger partial charge on any atom is 0.417 e. The van der Waals surface area contributed by atoms with Crippen molar-refractivity contribution in [1.29, 1.82) is 5.26 Å². The normalized spacial score (nSPS) is 13.3. The number of aliphatic hydroxyl groups is 1. The third-order valence-corrected chi connectivity index (χ3v) is 4.57. The Bertz CT molecular complexity index is 981. The van der Waals surface area contributed by atoms with Crippen LogP contribution >= 0.6 is 0 Å². The summed E-state index contributed by atoms with van der Waals surface area (Å²) < 4.78 is 52.7. The van der Waals surface area contributed by atoms with Crippen LogP contribution in [0.4, 0.5) is 28.9 Å². The topological polar surface area (TPSA) is 76.4 Å². The van der Waals surface area contributed by atoms with Crippen molar-refractivity contribution >= 4 is 17.3 Å². The molecule has 2 aromatic carbocycles. The second kappa shape index (κ2) is 8.71. The van der Waals surface area contributed by atoms with Gasteiger partial charge in [-0.3, -0.25) is 4.79 Å². The summed E-state index contributed by atoms with van der Waals surface area (Å²) in [7, 11) is 0. The van der Waals surface area contributed by atoms with Crippen LogP contribution < -0.4 is 10.2 Å². The molecule has 9 heteroatoms. The van der Waals surface area contributed by atoms with Gasteiger partial charge in [-0.2, -0.15) is 18.4 Å². The first kappa shape index (κ1) is 23.2. The largest absolute Gasteiger partial charge is 0.417 e. The van der Waals surface area contributed by atoms with Crippen LogP contribution in [0.1, 0.15) is 30.5 Å². The molecule has 0 aliphatic rings. The Labute approximate surface area is 171 Å². The van der Waals surface area contributed by atoms with E-state index in [9.17, 15) is 27.5 Å². The summed E-state index contributed by atoms with van der Waals surface area (Å²) in [4.78, 5) is 14.2. The second-order valence-electron chi connectivity index (χ2n) is 7.04. The molecule has 0 bridgehead atoms. The summed E-state index contributed by atoms with van der Waals surface area (Å²) in [6.07, 6.45) is -4.77. The number of carbonyl (C=O) groups excluding carboxylic acids is 1. The highest BCUT2D eigenvalue weighted by molar-refractivity contribution is 5.97. The summed E-state index contributed by atoms with van der Waals surface area (Å²) in [6.45, 7) is 4.92. The van der Waals surface area contributed by atoms with Crippen LogP contribution in [-0.2, 0) is 11.0 Å². The van der Waals surface area contributed by atoms with Crippen LogP contribution in [0.15, 0.2) is 36.4 Å². The van der Waals surface area contributed by atoms with Crippen LogP contribution in [0.5, 0.6) is 0 Å². The van der Waals surface area contributed by atoms with Crippen molar-refractivity contribution in [3.8, 4) is 6.07 Å². The number of anilines is 2. The molecule has 0 aliphatic heterocycles. The molecule has 0 radical (unpaired) electrons. The van der Waals surface area contributed by atoms with E-state index in [-0.39, 0.29) is 12.2 Å². The van der Waals surface area contributed by atoms with Gasteiger partial charge in [0.2, 0.25) is 0 Å². The van der Waals surface area contributed by atoms with Gasteiger partial charge in [-0.15, -0.1) is 0 Å². The van der Waals surface area contributed by atoms with Crippen molar-refractivity contribution < 1.29 is 27.5 Å². The lowest BCUT2D eigenvalue weighted by Crippen LogP contribution is -2.49. The number of halogens is 4. The van der Waals surface area contributed by atoms with Gasteiger partial charge in [-0.05, 0) is 62.7 Å². The minimum atomic E-state index is -4.77. The van der Waals surface area contributed by atoms with E-state index in [0.717, 1.165) is 12.1 Å². The molecule has 5 nitrogen and oxygen atoms in total. The van der Waals surface area contributed by atoms with Crippen LogP contribution in [0.25, 0.3) is 0 Å². The van der Waals surface area contributed by atoms with E-state index in [4.69, 9.17) is 5.26 Å². The third kappa shape index (κ3) is 5.27. The monoisotopic (exact) mass is 423 g/mol. The molecule has 1 amide bonds. The predicted molar refractivity (Wildman–Crippen MR) is 104 cm³/mol. The van der Waals surface area contributed by atoms with Crippen LogP contribution in [-0.4, -0.2) is 29.7 Å². The molecular weight excluding hydrogens is 402 g/mol. The fourth-order valence-electron chi connectivity index (χ4n) is 3.00. The zero-order valence-electron chi connectivity index (χ0n) is 16.6. The SMILES string of the molecule is CCN(C[C@](C)(O)C(=O)Nc1ccc(C#N)c(C(F)(F)F)c1)c1ccc(F)cc1C. The number of rotatable bonds is 6. The standard InChI is InChI=1S/C21H21F4N3O2/c1-4-28(18-8-6-15(22)9-13(18)2)12-20(3,30)19(29)27-16-7-5-14(11-26)17(10-16)21(23,24)25/h5-10,30H,4,12H2,1-3H3,(H,27,29)/t20-/m0/s1. The highest BCUT2D eigenvalue weighted by Gasteiger charge is 2.36. The number of nitrogens with zero attached hydrogens (tertiary/aromatic N) is 2. The molecule has 2 aromatic rings. The molecular formula is C21H21F4N3O2. The van der Waals surface area contributed by atoms with Gasteiger partial charge in [-0.1, -0.05) is 0 Å². The Morgan fingerprint density at radius 3 is 2.43 bits per heavy atom. The minimum absolute atomic E-state index is 0.176. The van der Waals surface area contributed by atoms with Crippen molar-refractivity contribution in [3.63, 3.8) is 0 Å². The molecule has 2 rings (SSSR count). The summed E-state index contributed by atoms with van der Waals surface area (Å²) in [5.74, 6) is -1.34. The number of hydrogen-bond donors (Lipinski definition) is 2. The van der Waals surface area contributed by atoms with Gasteiger partial charge < -0.3 is 15.3 Å². The number of carbonyl (C=O) groups is 1. The Hall–Kier alpha value is -3.12. The van der Waals surface area contributed by atoms with E-state index in [1.54, 1.807) is 18.7 Å². The fourth-order valence-corrected chi connectivity index (χ4v) is 3.00. The third-order valence-electron chi connectivity index (χ3n) is 4.57. The Morgan fingerprint density at radius 1 is 1.23 bits per heavy atom. The molecule has 160 valence electrons. The fraction of sp³-hybridized carbons (Fsp3) is 0.333. The van der Waals surface area contributed by atoms with Crippen molar-refractivity contribution in [2.75, 3.05) is 23.3 Å². The highest BCUT2D eigenvalue weighted by atomic mass is 19.4. The molecule has 30 heavy (non-hydrogen) atoms. The minimum Gasteiger partial charge on any atom is -0.378 e. The lowest BCUT2D eigenvalue weighted by Gasteiger charge is -2.32. The molecule has 0 aromatic heterocycles. The molecule has 0 saturated carbocycles. The zero-order chi connectivity index (χ0) is 22.7. The van der Waals surface area contributed by atoms with E-state index in [1.807, 2.05) is 0 Å². The molecule has 0 saturated heterocycles. The number of aryl methyl sites for hydroxylation is 1. The summed E-state index contributed by atoms with van der Waals surface area (Å²) in [6, 6.07) is 8.32. The molecule has 0 aliphatic carbocycles. The zero-order valence-corrected chi connectivity index (χ0v) is 16.6. The van der Waals surface area contributed by atoms with E-state index < -0.39 is 34.6 Å². The second-order valence-corrected chi connectivity index (χ2v) is 7.04. The number of benzene rings is 2. The number of hydrogen-bond acceptors (Lipinski definition) is 4. The molecule has 0 fully saturated rings. The maximum absolute atomic E-state index is 13.4. The highest BCUT2D eigenvalue weighted by Crippen LogP contribution is 2.33. The van der Waals surface area contributed by atoms with E-state index >= 15 is 0 Å². The number of nitriles is 1. The average molecular weight is 423 g/mol. The Morgan fingerprint density at radius 2 is 1.90 bits per heavy atom. The number of likely N-dealkylation sites (N-methyl/N-ethyl adjacent to an activating group) is 1. The Balaban J connectivity index is 2.24. The van der Waals surface area contributed by atoms with Gasteiger partial charge in [0.15, 0.2) is 5.60 Å². The molecule has 0 heterocycles. The van der Waals surface area contributed by atoms with Crippen LogP contribution in [0, 0.1) is 24.1 Å². The summed E-state index contributed by atoms with van der Waals surface area (Å²) in [5, 5.41) is 21.8. The van der Waals surface area contributed by atoms with Crippen molar-refractivity contribution in [2.45, 2.75) is 32.5 Å². The molecule has 2 N–H and O–H groups in total. The van der Waals surface area contributed by atoms with Gasteiger partial charge >= 0.3 is 6.18 Å². The number of amides is 1. The first-order valence-corrected chi connectivity index (χ1v) is 9.05. The van der Waals surface area contributed by atoms with Crippen LogP contribution in [0.3, 0.4) is 0 Å². The van der Waals surface area contributed by atoms with Crippen molar-refractivity contribution in [2.24, 2.45) is 0 Å². The van der Waals surface area contributed by atoms with Gasteiger partial charge in [-0.25, -0.2) is 4.39 Å². The first-order valence-electron chi connectivity index (χ1n) is 9.05. The lowest BCUT2D eigenvalue weighted by atomic mass is 10.0. The molecule has 0 unspecified atom stereocenters. The maximum atomic E-state index is 13.4. The smallest absolute Gasteiger partial charge is 0.378 e. The van der Waals surface area contributed by atoms with Crippen molar-refractivity contribution in [1.82, 2.24) is 0 Å². The number of nitrogens with one attached hydrogen (secondary N) is 1. The predicted octanol–water partition coefficient (Wildman–Crippen LogP) is 4.24. The van der Waals surface area contributed by atoms with E-state index in [1.165, 1.54) is 31.2 Å². The van der Waals surface area contributed by atoms with Gasteiger partial charge in [0.1, 0.15) is 5.82 Å². The van der Waals surface area contributed by atoms with Gasteiger partial charge in [0.25, 0.3) is 5.91 Å².